The highest BCUT2D eigenvalue weighted by molar-refractivity contribution is 5.79. The second-order valence-electron chi connectivity index (χ2n) is 10.8. The molecule has 2 fully saturated rings. The van der Waals surface area contributed by atoms with Crippen LogP contribution in [0.1, 0.15) is 64.7 Å². The molecule has 2 N–H and O–H groups in total. The number of carbonyl (C=O) groups excluding carboxylic acids is 3. The Morgan fingerprint density at radius 1 is 1.12 bits per heavy atom. The molecule has 0 aromatic carbocycles. The minimum Gasteiger partial charge on any atom is -0.469 e. The molecule has 0 spiro atoms. The van der Waals surface area contributed by atoms with E-state index in [4.69, 9.17) is 18.6 Å². The molecule has 3 aliphatic rings. The number of methoxy groups -OCH3 is 1. The van der Waals surface area contributed by atoms with Crippen molar-refractivity contribution in [2.75, 3.05) is 7.11 Å². The van der Waals surface area contributed by atoms with E-state index < -0.39 is 70.4 Å². The van der Waals surface area contributed by atoms with Gasteiger partial charge in [0.15, 0.2) is 6.10 Å². The van der Waals surface area contributed by atoms with Crippen molar-refractivity contribution in [2.45, 2.75) is 83.7 Å². The highest BCUT2D eigenvalue weighted by Gasteiger charge is 2.77. The molecule has 9 nitrogen and oxygen atoms in total. The molecule has 9 heteroatoms. The molecule has 1 heterocycles. The molecule has 0 bridgehead atoms. The van der Waals surface area contributed by atoms with Gasteiger partial charge in [0.2, 0.25) is 0 Å². The van der Waals surface area contributed by atoms with Gasteiger partial charge in [-0.05, 0) is 30.2 Å². The zero-order chi connectivity index (χ0) is 25.2. The van der Waals surface area contributed by atoms with Crippen LogP contribution in [0.3, 0.4) is 0 Å². The van der Waals surface area contributed by atoms with Gasteiger partial charge >= 0.3 is 17.9 Å². The molecule has 1 aromatic heterocycles. The fourth-order valence-corrected chi connectivity index (χ4v) is 7.36. The van der Waals surface area contributed by atoms with Crippen molar-refractivity contribution in [3.63, 3.8) is 0 Å². The van der Waals surface area contributed by atoms with E-state index >= 15 is 0 Å². The van der Waals surface area contributed by atoms with Crippen LogP contribution in [0, 0.1) is 22.7 Å². The van der Waals surface area contributed by atoms with E-state index in [0.29, 0.717) is 30.6 Å². The van der Waals surface area contributed by atoms with Gasteiger partial charge in [-0.15, -0.1) is 0 Å². The molecule has 1 aromatic rings. The Morgan fingerprint density at radius 2 is 1.76 bits per heavy atom. The van der Waals surface area contributed by atoms with Crippen molar-refractivity contribution < 1.29 is 43.2 Å². The monoisotopic (exact) mass is 478 g/mol. The van der Waals surface area contributed by atoms with Crippen molar-refractivity contribution in [1.29, 1.82) is 0 Å². The number of rotatable bonds is 3. The summed E-state index contributed by atoms with van der Waals surface area (Å²) in [5.74, 6) is -3.41. The number of esters is 3. The summed E-state index contributed by atoms with van der Waals surface area (Å²) in [7, 11) is 1.27. The maximum absolute atomic E-state index is 13.1. The molecule has 3 aliphatic carbocycles. The Labute approximate surface area is 198 Å². The predicted octanol–water partition coefficient (Wildman–Crippen LogP) is 2.12. The minimum absolute atomic E-state index is 0.303. The largest absolute Gasteiger partial charge is 0.469 e. The highest BCUT2D eigenvalue weighted by Crippen LogP contribution is 2.68. The first-order valence-electron chi connectivity index (χ1n) is 11.7. The van der Waals surface area contributed by atoms with Gasteiger partial charge in [0, 0.05) is 37.2 Å². The lowest BCUT2D eigenvalue weighted by molar-refractivity contribution is -0.338. The van der Waals surface area contributed by atoms with Gasteiger partial charge in [0.25, 0.3) is 0 Å². The van der Waals surface area contributed by atoms with Crippen molar-refractivity contribution >= 4 is 17.9 Å². The lowest BCUT2D eigenvalue weighted by Gasteiger charge is -2.69. The van der Waals surface area contributed by atoms with Crippen LogP contribution < -0.4 is 0 Å². The SMILES string of the molecule is COC(=O)C1c2ccoc2CC2C1C(O)C(OC(C)=O)C1(O)C(C)(C)CCC(OC(C)=O)C21C. The van der Waals surface area contributed by atoms with Gasteiger partial charge in [-0.25, -0.2) is 0 Å². The standard InChI is InChI=1S/C25H34O9/c1-12(26)33-17-7-9-23(3,4)25(30)21(34-13(2)27)20(28)19-15(24(17,25)5)11-16-14(8-10-32-16)18(19)22(29)31-6/h8,10,15,17-21,28,30H,7,9,11H2,1-6H3. The molecule has 0 amide bonds. The van der Waals surface area contributed by atoms with E-state index in [1.807, 2.05) is 20.8 Å². The molecule has 0 aliphatic heterocycles. The smallest absolute Gasteiger partial charge is 0.313 e. The maximum Gasteiger partial charge on any atom is 0.313 e. The van der Waals surface area contributed by atoms with Crippen LogP contribution in [0.4, 0.5) is 0 Å². The summed E-state index contributed by atoms with van der Waals surface area (Å²) in [5.41, 5.74) is -3.20. The Hall–Kier alpha value is -2.39. The average molecular weight is 479 g/mol. The van der Waals surface area contributed by atoms with Crippen LogP contribution >= 0.6 is 0 Å². The first-order chi connectivity index (χ1) is 15.8. The summed E-state index contributed by atoms with van der Waals surface area (Å²) in [6, 6.07) is 1.68. The first kappa shape index (κ1) is 24.7. The number of hydrogen-bond acceptors (Lipinski definition) is 9. The van der Waals surface area contributed by atoms with E-state index in [0.717, 1.165) is 0 Å². The van der Waals surface area contributed by atoms with Gasteiger partial charge in [-0.3, -0.25) is 14.4 Å². The summed E-state index contributed by atoms with van der Waals surface area (Å²) >= 11 is 0. The van der Waals surface area contributed by atoms with Crippen molar-refractivity contribution in [3.05, 3.63) is 23.7 Å². The Balaban J connectivity index is 2.00. The number of aliphatic hydroxyl groups is 2. The number of carbonyl (C=O) groups is 3. The van der Waals surface area contributed by atoms with Crippen LogP contribution in [-0.4, -0.2) is 59.1 Å². The van der Waals surface area contributed by atoms with E-state index in [9.17, 15) is 24.6 Å². The highest BCUT2D eigenvalue weighted by atomic mass is 16.6. The number of hydrogen-bond donors (Lipinski definition) is 2. The van der Waals surface area contributed by atoms with Gasteiger partial charge in [0.1, 0.15) is 17.5 Å². The molecular weight excluding hydrogens is 444 g/mol. The van der Waals surface area contributed by atoms with Crippen molar-refractivity contribution in [1.82, 2.24) is 0 Å². The normalized spacial score (nSPS) is 40.2. The summed E-state index contributed by atoms with van der Waals surface area (Å²) < 4.78 is 22.3. The van der Waals surface area contributed by atoms with Crippen LogP contribution in [0.25, 0.3) is 0 Å². The number of furan rings is 1. The second-order valence-corrected chi connectivity index (χ2v) is 10.8. The topological polar surface area (TPSA) is 132 Å². The summed E-state index contributed by atoms with van der Waals surface area (Å²) in [6.07, 6.45) is -0.764. The molecule has 0 saturated heterocycles. The molecular formula is C25H34O9. The molecule has 34 heavy (non-hydrogen) atoms. The third kappa shape index (κ3) is 3.16. The van der Waals surface area contributed by atoms with Gasteiger partial charge < -0.3 is 28.8 Å². The Morgan fingerprint density at radius 3 is 2.35 bits per heavy atom. The summed E-state index contributed by atoms with van der Waals surface area (Å²) in [4.78, 5) is 37.4. The van der Waals surface area contributed by atoms with E-state index in [1.165, 1.54) is 27.2 Å². The molecule has 2 saturated carbocycles. The van der Waals surface area contributed by atoms with Crippen LogP contribution in [0.2, 0.25) is 0 Å². The maximum atomic E-state index is 13.1. The Bertz CT molecular complexity index is 996. The third-order valence-corrected chi connectivity index (χ3v) is 8.87. The number of aliphatic hydroxyl groups excluding tert-OH is 1. The van der Waals surface area contributed by atoms with Crippen molar-refractivity contribution in [2.24, 2.45) is 22.7 Å². The first-order valence-corrected chi connectivity index (χ1v) is 11.7. The molecule has 8 unspecified atom stereocenters. The number of ether oxygens (including phenoxy) is 3. The van der Waals surface area contributed by atoms with E-state index in [-0.39, 0.29) is 0 Å². The molecule has 8 atom stereocenters. The van der Waals surface area contributed by atoms with E-state index in [2.05, 4.69) is 0 Å². The zero-order valence-corrected chi connectivity index (χ0v) is 20.5. The third-order valence-electron chi connectivity index (χ3n) is 8.87. The van der Waals surface area contributed by atoms with Gasteiger partial charge in [-0.1, -0.05) is 20.8 Å². The fraction of sp³-hybridized carbons (Fsp3) is 0.720. The summed E-state index contributed by atoms with van der Waals surface area (Å²) in [6.45, 7) is 8.05. The molecule has 188 valence electrons. The Kier molecular flexibility index (Phi) is 5.88. The number of fused-ring (bicyclic) bond motifs is 4. The molecule has 4 rings (SSSR count). The lowest BCUT2D eigenvalue weighted by Crippen LogP contribution is -2.80. The second kappa shape index (κ2) is 8.09. The lowest BCUT2D eigenvalue weighted by atomic mass is 9.39. The minimum atomic E-state index is -1.78. The van der Waals surface area contributed by atoms with Crippen LogP contribution in [-0.2, 0) is 35.0 Å². The quantitative estimate of drug-likeness (QED) is 0.495. The molecule has 0 radical (unpaired) electrons. The van der Waals surface area contributed by atoms with Crippen LogP contribution in [0.5, 0.6) is 0 Å². The zero-order valence-electron chi connectivity index (χ0n) is 20.5. The van der Waals surface area contributed by atoms with Crippen LogP contribution in [0.15, 0.2) is 16.7 Å². The van der Waals surface area contributed by atoms with Crippen molar-refractivity contribution in [3.8, 4) is 0 Å². The fourth-order valence-electron chi connectivity index (χ4n) is 7.36. The predicted molar refractivity (Wildman–Crippen MR) is 117 cm³/mol. The van der Waals surface area contributed by atoms with Gasteiger partial charge in [0.05, 0.1) is 25.4 Å². The van der Waals surface area contributed by atoms with Gasteiger partial charge in [-0.2, -0.15) is 0 Å². The summed E-state index contributed by atoms with van der Waals surface area (Å²) in [5, 5.41) is 24.3. The average Bonchev–Trinajstić information content (AvgIpc) is 3.23. The van der Waals surface area contributed by atoms with E-state index in [1.54, 1.807) is 6.07 Å².